The third kappa shape index (κ3) is 5.71. The number of halogens is 1. The summed E-state index contributed by atoms with van der Waals surface area (Å²) < 4.78 is 6.03. The molecule has 172 valence electrons. The van der Waals surface area contributed by atoms with Crippen LogP contribution in [0.3, 0.4) is 0 Å². The van der Waals surface area contributed by atoms with E-state index in [0.29, 0.717) is 11.4 Å². The van der Waals surface area contributed by atoms with Crippen LogP contribution in [0.2, 0.25) is 5.02 Å². The van der Waals surface area contributed by atoms with Crippen molar-refractivity contribution in [3.05, 3.63) is 46.7 Å². The normalized spacial score (nSPS) is 20.8. The van der Waals surface area contributed by atoms with Crippen molar-refractivity contribution in [1.82, 2.24) is 14.9 Å². The molecule has 0 spiro atoms. The molecule has 4 rings (SSSR count). The van der Waals surface area contributed by atoms with Gasteiger partial charge >= 0.3 is 0 Å². The largest absolute Gasteiger partial charge is 0.494 e. The minimum Gasteiger partial charge on any atom is -0.494 e. The van der Waals surface area contributed by atoms with E-state index >= 15 is 0 Å². The summed E-state index contributed by atoms with van der Waals surface area (Å²) in [5.74, 6) is 4.25. The number of aromatic nitrogens is 2. The number of hydrogen-bond donors (Lipinski definition) is 0. The number of rotatable bonds is 8. The first-order chi connectivity index (χ1) is 15.4. The predicted octanol–water partition coefficient (Wildman–Crippen LogP) is 4.39. The number of piperidine rings is 1. The van der Waals surface area contributed by atoms with Gasteiger partial charge < -0.3 is 14.5 Å². The number of carbonyl (C=O) groups is 1. The zero-order chi connectivity index (χ0) is 22.7. The van der Waals surface area contributed by atoms with Crippen LogP contribution in [0.1, 0.15) is 36.8 Å². The average molecular weight is 457 g/mol. The highest BCUT2D eigenvalue weighted by molar-refractivity contribution is 6.30. The van der Waals surface area contributed by atoms with E-state index in [2.05, 4.69) is 20.9 Å². The summed E-state index contributed by atoms with van der Waals surface area (Å²) in [5, 5.41) is 0.581. The van der Waals surface area contributed by atoms with Gasteiger partial charge in [0.25, 0.3) is 0 Å². The van der Waals surface area contributed by atoms with E-state index in [0.717, 1.165) is 66.7 Å². The fourth-order valence-electron chi connectivity index (χ4n) is 4.78. The number of benzene rings is 1. The SMILES string of the molecule is Cc1cc(OCC[C@@H]2C[C@@H]2C2CCN(c3ncc(Cl)cn3)CC2)ccc1CC(=O)N(C)C. The molecule has 0 radical (unpaired) electrons. The van der Waals surface area contributed by atoms with Crippen molar-refractivity contribution in [2.75, 3.05) is 38.7 Å². The van der Waals surface area contributed by atoms with Crippen LogP contribution >= 0.6 is 11.6 Å². The van der Waals surface area contributed by atoms with Crippen LogP contribution in [-0.2, 0) is 11.2 Å². The quantitative estimate of drug-likeness (QED) is 0.589. The summed E-state index contributed by atoms with van der Waals surface area (Å²) in [6.07, 6.45) is 8.64. The van der Waals surface area contributed by atoms with Crippen LogP contribution in [0.4, 0.5) is 5.95 Å². The molecule has 0 bridgehead atoms. The van der Waals surface area contributed by atoms with Crippen molar-refractivity contribution in [1.29, 1.82) is 0 Å². The van der Waals surface area contributed by atoms with Gasteiger partial charge in [-0.05, 0) is 73.6 Å². The topological polar surface area (TPSA) is 58.6 Å². The smallest absolute Gasteiger partial charge is 0.226 e. The van der Waals surface area contributed by atoms with E-state index in [1.165, 1.54) is 19.3 Å². The molecule has 1 aliphatic heterocycles. The summed E-state index contributed by atoms with van der Waals surface area (Å²) in [6.45, 7) is 4.85. The number of likely N-dealkylation sites (N-methyl/N-ethyl adjacent to an activating group) is 1. The molecule has 0 N–H and O–H groups in total. The Hall–Kier alpha value is -2.34. The Morgan fingerprint density at radius 2 is 1.94 bits per heavy atom. The van der Waals surface area contributed by atoms with Crippen molar-refractivity contribution in [3.63, 3.8) is 0 Å². The summed E-state index contributed by atoms with van der Waals surface area (Å²) in [7, 11) is 3.58. The van der Waals surface area contributed by atoms with Gasteiger partial charge in [0.15, 0.2) is 0 Å². The molecule has 0 unspecified atom stereocenters. The van der Waals surface area contributed by atoms with E-state index in [4.69, 9.17) is 16.3 Å². The van der Waals surface area contributed by atoms with Gasteiger partial charge in [-0.1, -0.05) is 17.7 Å². The zero-order valence-electron chi connectivity index (χ0n) is 19.3. The van der Waals surface area contributed by atoms with Crippen LogP contribution in [-0.4, -0.2) is 54.6 Å². The monoisotopic (exact) mass is 456 g/mol. The summed E-state index contributed by atoms with van der Waals surface area (Å²) >= 11 is 5.90. The van der Waals surface area contributed by atoms with Crippen molar-refractivity contribution >= 4 is 23.5 Å². The first kappa shape index (κ1) is 22.8. The molecule has 1 saturated heterocycles. The van der Waals surface area contributed by atoms with Crippen LogP contribution in [0.25, 0.3) is 0 Å². The molecular weight excluding hydrogens is 424 g/mol. The maximum atomic E-state index is 11.9. The van der Waals surface area contributed by atoms with Gasteiger partial charge in [-0.25, -0.2) is 9.97 Å². The van der Waals surface area contributed by atoms with Crippen molar-refractivity contribution < 1.29 is 9.53 Å². The number of aryl methyl sites for hydroxylation is 1. The van der Waals surface area contributed by atoms with Crippen molar-refractivity contribution in [3.8, 4) is 5.75 Å². The fraction of sp³-hybridized carbons (Fsp3) is 0.560. The first-order valence-corrected chi connectivity index (χ1v) is 11.9. The number of anilines is 1. The second-order valence-corrected chi connectivity index (χ2v) is 9.81. The fourth-order valence-corrected chi connectivity index (χ4v) is 4.88. The second kappa shape index (κ2) is 10.1. The Kier molecular flexibility index (Phi) is 7.19. The molecular formula is C25H33ClN4O2. The lowest BCUT2D eigenvalue weighted by molar-refractivity contribution is -0.127. The molecule has 1 aromatic heterocycles. The van der Waals surface area contributed by atoms with Gasteiger partial charge in [0.2, 0.25) is 11.9 Å². The maximum absolute atomic E-state index is 11.9. The number of carbonyl (C=O) groups excluding carboxylic acids is 1. The van der Waals surface area contributed by atoms with Crippen LogP contribution < -0.4 is 9.64 Å². The standard InChI is InChI=1S/C25H33ClN4O2/c1-17-12-22(5-4-19(17)14-24(31)29(2)3)32-11-8-20-13-23(20)18-6-9-30(10-7-18)25-27-15-21(26)16-28-25/h4-5,12,15-16,18,20,23H,6-11,13-14H2,1-3H3/t20-,23-/m1/s1. The highest BCUT2D eigenvalue weighted by Gasteiger charge is 2.43. The zero-order valence-corrected chi connectivity index (χ0v) is 20.0. The van der Waals surface area contributed by atoms with E-state index in [9.17, 15) is 4.79 Å². The lowest BCUT2D eigenvalue weighted by Crippen LogP contribution is -2.35. The molecule has 32 heavy (non-hydrogen) atoms. The highest BCUT2D eigenvalue weighted by atomic mass is 35.5. The molecule has 1 amide bonds. The van der Waals surface area contributed by atoms with Gasteiger partial charge in [0.1, 0.15) is 5.75 Å². The van der Waals surface area contributed by atoms with Crippen molar-refractivity contribution in [2.24, 2.45) is 17.8 Å². The Balaban J connectivity index is 1.17. The number of amides is 1. The lowest BCUT2D eigenvalue weighted by atomic mass is 9.90. The molecule has 2 heterocycles. The summed E-state index contributed by atoms with van der Waals surface area (Å²) in [4.78, 5) is 24.6. The molecule has 6 nitrogen and oxygen atoms in total. The van der Waals surface area contributed by atoms with E-state index < -0.39 is 0 Å². The predicted molar refractivity (Wildman–Crippen MR) is 127 cm³/mol. The second-order valence-electron chi connectivity index (χ2n) is 9.38. The third-order valence-corrected chi connectivity index (χ3v) is 7.12. The van der Waals surface area contributed by atoms with Gasteiger partial charge in [0.05, 0.1) is 30.4 Å². The lowest BCUT2D eigenvalue weighted by Gasteiger charge is -2.32. The minimum absolute atomic E-state index is 0.119. The summed E-state index contributed by atoms with van der Waals surface area (Å²) in [5.41, 5.74) is 2.17. The Morgan fingerprint density at radius 1 is 1.22 bits per heavy atom. The van der Waals surface area contributed by atoms with Crippen LogP contribution in [0, 0.1) is 24.7 Å². The van der Waals surface area contributed by atoms with Crippen molar-refractivity contribution in [2.45, 2.75) is 39.0 Å². The first-order valence-electron chi connectivity index (χ1n) is 11.6. The van der Waals surface area contributed by atoms with Gasteiger partial charge in [0, 0.05) is 27.2 Å². The van der Waals surface area contributed by atoms with Gasteiger partial charge in [-0.3, -0.25) is 4.79 Å². The van der Waals surface area contributed by atoms with Crippen LogP contribution in [0.5, 0.6) is 5.75 Å². The average Bonchev–Trinajstić information content (AvgIpc) is 3.55. The molecule has 2 atom stereocenters. The number of nitrogens with zero attached hydrogens (tertiary/aromatic N) is 4. The Bertz CT molecular complexity index is 926. The van der Waals surface area contributed by atoms with E-state index in [1.807, 2.05) is 19.1 Å². The van der Waals surface area contributed by atoms with Gasteiger partial charge in [-0.15, -0.1) is 0 Å². The molecule has 2 aromatic rings. The molecule has 1 aliphatic carbocycles. The Labute approximate surface area is 195 Å². The molecule has 2 fully saturated rings. The van der Waals surface area contributed by atoms with E-state index in [1.54, 1.807) is 31.4 Å². The third-order valence-electron chi connectivity index (χ3n) is 6.92. The molecule has 1 aromatic carbocycles. The number of hydrogen-bond acceptors (Lipinski definition) is 5. The molecule has 7 heteroatoms. The number of ether oxygens (including phenoxy) is 1. The highest BCUT2D eigenvalue weighted by Crippen LogP contribution is 2.49. The minimum atomic E-state index is 0.119. The van der Waals surface area contributed by atoms with Gasteiger partial charge in [-0.2, -0.15) is 0 Å². The molecule has 2 aliphatic rings. The Morgan fingerprint density at radius 3 is 2.59 bits per heavy atom. The van der Waals surface area contributed by atoms with E-state index in [-0.39, 0.29) is 5.91 Å². The summed E-state index contributed by atoms with van der Waals surface area (Å²) in [6, 6.07) is 6.06. The maximum Gasteiger partial charge on any atom is 0.226 e. The van der Waals surface area contributed by atoms with Crippen LogP contribution in [0.15, 0.2) is 30.6 Å². The molecule has 1 saturated carbocycles.